The molecule has 0 radical (unpaired) electrons. The smallest absolute Gasteiger partial charge is 0.408 e. The lowest BCUT2D eigenvalue weighted by Gasteiger charge is -2.23. The van der Waals surface area contributed by atoms with Crippen LogP contribution in [0.2, 0.25) is 0 Å². The molecule has 3 amide bonds. The summed E-state index contributed by atoms with van der Waals surface area (Å²) in [5, 5.41) is 4.83. The maximum atomic E-state index is 12.6. The summed E-state index contributed by atoms with van der Waals surface area (Å²) in [6.07, 6.45) is 2.37. The zero-order valence-corrected chi connectivity index (χ0v) is 15.6. The summed E-state index contributed by atoms with van der Waals surface area (Å²) < 4.78 is 5.22. The van der Waals surface area contributed by atoms with Gasteiger partial charge in [-0.2, -0.15) is 0 Å². The second-order valence-electron chi connectivity index (χ2n) is 6.95. The molecule has 1 aromatic heterocycles. The summed E-state index contributed by atoms with van der Waals surface area (Å²) >= 11 is 0. The van der Waals surface area contributed by atoms with Crippen LogP contribution in [0.15, 0.2) is 54.9 Å². The van der Waals surface area contributed by atoms with Gasteiger partial charge in [-0.25, -0.2) is 4.79 Å². The number of carbonyl (C=O) groups is 3. The van der Waals surface area contributed by atoms with E-state index in [-0.39, 0.29) is 12.0 Å². The normalized spacial score (nSPS) is 12.0. The Balaban J connectivity index is 2.11. The average molecular weight is 369 g/mol. The monoisotopic (exact) mass is 369 g/mol. The average Bonchev–Trinajstić information content (AvgIpc) is 2.61. The molecule has 0 saturated heterocycles. The van der Waals surface area contributed by atoms with E-state index >= 15 is 0 Å². The molecule has 0 aliphatic carbocycles. The van der Waals surface area contributed by atoms with E-state index < -0.39 is 29.6 Å². The predicted octanol–water partition coefficient (Wildman–Crippen LogP) is 2.47. The number of imide groups is 1. The molecule has 2 rings (SSSR count). The van der Waals surface area contributed by atoms with Crippen molar-refractivity contribution >= 4 is 17.9 Å². The summed E-state index contributed by atoms with van der Waals surface area (Å²) in [5.41, 5.74) is 0.382. The van der Waals surface area contributed by atoms with Crippen LogP contribution in [-0.4, -0.2) is 34.5 Å². The maximum absolute atomic E-state index is 12.6. The van der Waals surface area contributed by atoms with Gasteiger partial charge >= 0.3 is 6.09 Å². The Morgan fingerprint density at radius 3 is 2.37 bits per heavy atom. The highest BCUT2D eigenvalue weighted by atomic mass is 16.6. The van der Waals surface area contributed by atoms with Crippen molar-refractivity contribution < 1.29 is 19.1 Å². The van der Waals surface area contributed by atoms with Crippen molar-refractivity contribution in [2.45, 2.75) is 38.8 Å². The van der Waals surface area contributed by atoms with E-state index in [1.54, 1.807) is 32.9 Å². The van der Waals surface area contributed by atoms with Crippen molar-refractivity contribution in [3.8, 4) is 0 Å². The molecular weight excluding hydrogens is 346 g/mol. The molecule has 0 fully saturated rings. The van der Waals surface area contributed by atoms with Gasteiger partial charge in [0.05, 0.1) is 5.56 Å². The molecule has 7 heteroatoms. The maximum Gasteiger partial charge on any atom is 0.408 e. The standard InChI is InChI=1S/C20H23N3O4/c1-20(2,3)27-19(26)22-16(12-14-8-5-4-6-9-14)18(25)23-17(24)15-10-7-11-21-13-15/h4-11,13,16H,12H2,1-3H3,(H,22,26)(H,23,24,25). The molecule has 1 unspecified atom stereocenters. The fourth-order valence-electron chi connectivity index (χ4n) is 2.28. The van der Waals surface area contributed by atoms with Crippen LogP contribution >= 0.6 is 0 Å². The van der Waals surface area contributed by atoms with Crippen molar-refractivity contribution in [2.24, 2.45) is 0 Å². The Bertz CT molecular complexity index is 786. The SMILES string of the molecule is CC(C)(C)OC(=O)NC(Cc1ccccc1)C(=O)NC(=O)c1cccnc1. The van der Waals surface area contributed by atoms with E-state index in [1.165, 1.54) is 12.4 Å². The van der Waals surface area contributed by atoms with Crippen molar-refractivity contribution in [3.63, 3.8) is 0 Å². The van der Waals surface area contributed by atoms with Crippen LogP contribution < -0.4 is 10.6 Å². The van der Waals surface area contributed by atoms with Gasteiger partial charge in [-0.1, -0.05) is 30.3 Å². The molecule has 0 aliphatic rings. The fraction of sp³-hybridized carbons (Fsp3) is 0.300. The Morgan fingerprint density at radius 2 is 1.78 bits per heavy atom. The molecule has 0 aliphatic heterocycles. The van der Waals surface area contributed by atoms with Crippen LogP contribution in [0.4, 0.5) is 4.79 Å². The van der Waals surface area contributed by atoms with Crippen LogP contribution in [0.5, 0.6) is 0 Å². The summed E-state index contributed by atoms with van der Waals surface area (Å²) in [5.74, 6) is -1.21. The quantitative estimate of drug-likeness (QED) is 0.844. The molecule has 7 nitrogen and oxygen atoms in total. The number of benzene rings is 1. The Labute approximate surface area is 158 Å². The van der Waals surface area contributed by atoms with E-state index in [4.69, 9.17) is 4.74 Å². The first-order valence-corrected chi connectivity index (χ1v) is 8.53. The molecule has 2 aromatic rings. The van der Waals surface area contributed by atoms with E-state index in [9.17, 15) is 14.4 Å². The highest BCUT2D eigenvalue weighted by molar-refractivity contribution is 6.06. The molecule has 0 bridgehead atoms. The highest BCUT2D eigenvalue weighted by Crippen LogP contribution is 2.09. The Morgan fingerprint density at radius 1 is 1.07 bits per heavy atom. The van der Waals surface area contributed by atoms with E-state index in [2.05, 4.69) is 15.6 Å². The molecule has 1 aromatic carbocycles. The van der Waals surface area contributed by atoms with Crippen LogP contribution in [0.1, 0.15) is 36.7 Å². The van der Waals surface area contributed by atoms with Crippen LogP contribution in [0.25, 0.3) is 0 Å². The Hall–Kier alpha value is -3.22. The lowest BCUT2D eigenvalue weighted by atomic mass is 10.1. The van der Waals surface area contributed by atoms with Crippen molar-refractivity contribution in [1.82, 2.24) is 15.6 Å². The minimum Gasteiger partial charge on any atom is -0.444 e. The number of alkyl carbamates (subject to hydrolysis) is 1. The largest absolute Gasteiger partial charge is 0.444 e. The second-order valence-corrected chi connectivity index (χ2v) is 6.95. The van der Waals surface area contributed by atoms with Gasteiger partial charge in [-0.3, -0.25) is 19.9 Å². The minimum atomic E-state index is -0.970. The zero-order chi connectivity index (χ0) is 19.9. The number of pyridine rings is 1. The van der Waals surface area contributed by atoms with Gasteiger partial charge in [0, 0.05) is 18.8 Å². The second kappa shape index (κ2) is 8.93. The first kappa shape index (κ1) is 20.1. The fourth-order valence-corrected chi connectivity index (χ4v) is 2.28. The lowest BCUT2D eigenvalue weighted by Crippen LogP contribution is -2.50. The van der Waals surface area contributed by atoms with Crippen LogP contribution in [-0.2, 0) is 16.0 Å². The zero-order valence-electron chi connectivity index (χ0n) is 15.6. The van der Waals surface area contributed by atoms with E-state index in [1.807, 2.05) is 30.3 Å². The number of hydrogen-bond donors (Lipinski definition) is 2. The lowest BCUT2D eigenvalue weighted by molar-refractivity contribution is -0.122. The number of nitrogens with one attached hydrogen (secondary N) is 2. The summed E-state index contributed by atoms with van der Waals surface area (Å²) in [7, 11) is 0. The van der Waals surface area contributed by atoms with E-state index in [0.717, 1.165) is 5.56 Å². The number of amides is 3. The molecule has 1 heterocycles. The number of carbonyl (C=O) groups excluding carboxylic acids is 3. The number of nitrogens with zero attached hydrogens (tertiary/aromatic N) is 1. The van der Waals surface area contributed by atoms with Crippen LogP contribution in [0, 0.1) is 0 Å². The topological polar surface area (TPSA) is 97.4 Å². The van der Waals surface area contributed by atoms with Gasteiger partial charge in [0.25, 0.3) is 5.91 Å². The molecular formula is C20H23N3O4. The van der Waals surface area contributed by atoms with Gasteiger partial charge < -0.3 is 10.1 Å². The third kappa shape index (κ3) is 6.89. The first-order chi connectivity index (χ1) is 12.7. The molecule has 0 saturated carbocycles. The third-order valence-corrected chi connectivity index (χ3v) is 3.45. The van der Waals surface area contributed by atoms with Crippen molar-refractivity contribution in [2.75, 3.05) is 0 Å². The van der Waals surface area contributed by atoms with Gasteiger partial charge in [0.15, 0.2) is 0 Å². The van der Waals surface area contributed by atoms with Crippen molar-refractivity contribution in [3.05, 3.63) is 66.0 Å². The van der Waals surface area contributed by atoms with E-state index in [0.29, 0.717) is 0 Å². The van der Waals surface area contributed by atoms with Gasteiger partial charge in [-0.15, -0.1) is 0 Å². The van der Waals surface area contributed by atoms with Gasteiger partial charge in [0.1, 0.15) is 11.6 Å². The number of ether oxygens (including phenoxy) is 1. The van der Waals surface area contributed by atoms with Gasteiger partial charge in [0.2, 0.25) is 5.91 Å². The Kier molecular flexibility index (Phi) is 6.65. The number of aromatic nitrogens is 1. The third-order valence-electron chi connectivity index (χ3n) is 3.45. The molecule has 27 heavy (non-hydrogen) atoms. The first-order valence-electron chi connectivity index (χ1n) is 8.53. The number of hydrogen-bond acceptors (Lipinski definition) is 5. The van der Waals surface area contributed by atoms with Crippen LogP contribution in [0.3, 0.4) is 0 Å². The molecule has 142 valence electrons. The van der Waals surface area contributed by atoms with Gasteiger partial charge in [-0.05, 0) is 38.5 Å². The minimum absolute atomic E-state index is 0.215. The van der Waals surface area contributed by atoms with Crippen molar-refractivity contribution in [1.29, 1.82) is 0 Å². The molecule has 0 spiro atoms. The summed E-state index contributed by atoms with van der Waals surface area (Å²) in [6, 6.07) is 11.4. The predicted molar refractivity (Wildman–Crippen MR) is 100 cm³/mol. The number of rotatable bonds is 5. The highest BCUT2D eigenvalue weighted by Gasteiger charge is 2.26. The molecule has 1 atom stereocenters. The molecule has 2 N–H and O–H groups in total. The summed E-state index contributed by atoms with van der Waals surface area (Å²) in [4.78, 5) is 40.8. The summed E-state index contributed by atoms with van der Waals surface area (Å²) in [6.45, 7) is 5.18.